The van der Waals surface area contributed by atoms with Crippen LogP contribution in [0.2, 0.25) is 0 Å². The normalized spacial score (nSPS) is 12.1. The maximum atomic E-state index is 13.4. The number of carbonyl (C=O) groups excluding carboxylic acids is 1. The molecule has 0 aliphatic rings. The number of ether oxygens (including phenoxy) is 1. The molecule has 0 saturated heterocycles. The number of hydrogen-bond acceptors (Lipinski definition) is 3. The molecule has 1 aromatic heterocycles. The Morgan fingerprint density at radius 2 is 2.29 bits per heavy atom. The first kappa shape index (κ1) is 16.6. The van der Waals surface area contributed by atoms with E-state index in [-0.39, 0.29) is 12.5 Å². The van der Waals surface area contributed by atoms with Crippen molar-refractivity contribution in [3.05, 3.63) is 67.1 Å². The van der Waals surface area contributed by atoms with Gasteiger partial charge < -0.3 is 9.30 Å². The van der Waals surface area contributed by atoms with E-state index in [1.165, 1.54) is 18.2 Å². The SMILES string of the molecule is C=C/C=C(F)\C=C(/C=C)Cc1cncn1CC(=O)OCC. The van der Waals surface area contributed by atoms with E-state index < -0.39 is 5.83 Å². The molecular weight excluding hydrogens is 271 g/mol. The van der Waals surface area contributed by atoms with Crippen molar-refractivity contribution in [2.75, 3.05) is 6.61 Å². The third-order valence-electron chi connectivity index (χ3n) is 2.65. The van der Waals surface area contributed by atoms with Gasteiger partial charge in [-0.3, -0.25) is 4.79 Å². The molecule has 0 amide bonds. The second kappa shape index (κ2) is 8.68. The summed E-state index contributed by atoms with van der Waals surface area (Å²) in [6.45, 7) is 9.27. The molecule has 0 N–H and O–H groups in total. The van der Waals surface area contributed by atoms with Gasteiger partial charge in [-0.15, -0.1) is 0 Å². The number of hydrogen-bond donors (Lipinski definition) is 0. The van der Waals surface area contributed by atoms with Gasteiger partial charge in [-0.05, 0) is 24.6 Å². The van der Waals surface area contributed by atoms with Crippen molar-refractivity contribution in [1.29, 1.82) is 0 Å². The zero-order valence-corrected chi connectivity index (χ0v) is 12.1. The van der Waals surface area contributed by atoms with Crippen molar-refractivity contribution in [1.82, 2.24) is 9.55 Å². The van der Waals surface area contributed by atoms with E-state index in [1.807, 2.05) is 0 Å². The molecule has 0 fully saturated rings. The fourth-order valence-electron chi connectivity index (χ4n) is 1.71. The lowest BCUT2D eigenvalue weighted by atomic mass is 10.1. The Bertz CT molecular complexity index is 571. The number of imidazole rings is 1. The van der Waals surface area contributed by atoms with Crippen LogP contribution < -0.4 is 0 Å². The minimum atomic E-state index is -0.406. The molecule has 0 bridgehead atoms. The van der Waals surface area contributed by atoms with Gasteiger partial charge in [-0.25, -0.2) is 9.37 Å². The van der Waals surface area contributed by atoms with E-state index in [0.29, 0.717) is 18.6 Å². The van der Waals surface area contributed by atoms with E-state index in [9.17, 15) is 9.18 Å². The van der Waals surface area contributed by atoms with Gasteiger partial charge in [0, 0.05) is 18.3 Å². The first-order valence-electron chi connectivity index (χ1n) is 6.56. The van der Waals surface area contributed by atoms with Gasteiger partial charge in [-0.1, -0.05) is 25.3 Å². The van der Waals surface area contributed by atoms with Crippen molar-refractivity contribution >= 4 is 5.97 Å². The van der Waals surface area contributed by atoms with Crippen LogP contribution in [0.15, 0.2) is 61.4 Å². The van der Waals surface area contributed by atoms with Gasteiger partial charge in [0.05, 0.1) is 12.9 Å². The zero-order valence-electron chi connectivity index (χ0n) is 12.1. The molecule has 0 aliphatic carbocycles. The number of carbonyl (C=O) groups is 1. The molecular formula is C16H19FN2O2. The average Bonchev–Trinajstić information content (AvgIpc) is 2.85. The first-order valence-corrected chi connectivity index (χ1v) is 6.56. The molecule has 1 heterocycles. The van der Waals surface area contributed by atoms with Crippen molar-refractivity contribution in [2.45, 2.75) is 19.9 Å². The van der Waals surface area contributed by atoms with Crippen LogP contribution in [0.5, 0.6) is 0 Å². The van der Waals surface area contributed by atoms with Crippen LogP contribution in [0.25, 0.3) is 0 Å². The summed E-state index contributed by atoms with van der Waals surface area (Å²) in [6, 6.07) is 0. The molecule has 0 spiro atoms. The minimum absolute atomic E-state index is 0.0819. The standard InChI is InChI=1S/C16H19FN2O2/c1-4-7-14(17)8-13(5-2)9-15-10-18-12-19(15)11-16(20)21-6-3/h4-5,7-8,10,12H,1-2,6,9,11H2,3H3/b13-8+,14-7+. The molecule has 1 aromatic rings. The van der Waals surface area contributed by atoms with Crippen LogP contribution in [0.4, 0.5) is 4.39 Å². The van der Waals surface area contributed by atoms with Crippen molar-refractivity contribution in [2.24, 2.45) is 0 Å². The van der Waals surface area contributed by atoms with E-state index in [1.54, 1.807) is 30.1 Å². The van der Waals surface area contributed by atoms with E-state index >= 15 is 0 Å². The molecule has 0 aliphatic heterocycles. The largest absolute Gasteiger partial charge is 0.465 e. The van der Waals surface area contributed by atoms with E-state index in [4.69, 9.17) is 4.74 Å². The van der Waals surface area contributed by atoms with Crippen LogP contribution in [0, 0.1) is 0 Å². The zero-order chi connectivity index (χ0) is 15.7. The lowest BCUT2D eigenvalue weighted by Crippen LogP contribution is -2.14. The maximum absolute atomic E-state index is 13.4. The highest BCUT2D eigenvalue weighted by atomic mass is 19.1. The molecule has 0 atom stereocenters. The van der Waals surface area contributed by atoms with E-state index in [0.717, 1.165) is 5.69 Å². The fourth-order valence-corrected chi connectivity index (χ4v) is 1.71. The highest BCUT2D eigenvalue weighted by Crippen LogP contribution is 2.13. The lowest BCUT2D eigenvalue weighted by Gasteiger charge is -2.08. The molecule has 112 valence electrons. The number of halogens is 1. The quantitative estimate of drug-likeness (QED) is 0.546. The second-order valence-corrected chi connectivity index (χ2v) is 4.21. The predicted octanol–water partition coefficient (Wildman–Crippen LogP) is 3.14. The fraction of sp³-hybridized carbons (Fsp3) is 0.250. The van der Waals surface area contributed by atoms with E-state index in [2.05, 4.69) is 18.1 Å². The number of allylic oxidation sites excluding steroid dienone is 6. The van der Waals surface area contributed by atoms with Crippen LogP contribution in [-0.2, 0) is 22.5 Å². The number of nitrogens with zero attached hydrogens (tertiary/aromatic N) is 2. The van der Waals surface area contributed by atoms with Crippen molar-refractivity contribution in [3.63, 3.8) is 0 Å². The smallest absolute Gasteiger partial charge is 0.325 e. The summed E-state index contributed by atoms with van der Waals surface area (Å²) in [5, 5.41) is 0. The number of rotatable bonds is 8. The molecule has 4 nitrogen and oxygen atoms in total. The number of aromatic nitrogens is 2. The second-order valence-electron chi connectivity index (χ2n) is 4.21. The molecule has 0 saturated carbocycles. The maximum Gasteiger partial charge on any atom is 0.325 e. The van der Waals surface area contributed by atoms with Crippen LogP contribution >= 0.6 is 0 Å². The summed E-state index contributed by atoms with van der Waals surface area (Å²) in [6.07, 6.45) is 9.17. The summed E-state index contributed by atoms with van der Waals surface area (Å²) >= 11 is 0. The Kier molecular flexibility index (Phi) is 6.87. The van der Waals surface area contributed by atoms with Crippen LogP contribution in [0.1, 0.15) is 12.6 Å². The Labute approximate surface area is 123 Å². The van der Waals surface area contributed by atoms with Crippen LogP contribution in [0.3, 0.4) is 0 Å². The Balaban J connectivity index is 2.85. The van der Waals surface area contributed by atoms with Gasteiger partial charge >= 0.3 is 5.97 Å². The molecule has 0 radical (unpaired) electrons. The van der Waals surface area contributed by atoms with Gasteiger partial charge in [-0.2, -0.15) is 0 Å². The monoisotopic (exact) mass is 290 g/mol. The first-order chi connectivity index (χ1) is 10.1. The van der Waals surface area contributed by atoms with Crippen LogP contribution in [-0.4, -0.2) is 22.1 Å². The number of esters is 1. The third kappa shape index (κ3) is 5.60. The predicted molar refractivity (Wildman–Crippen MR) is 80.2 cm³/mol. The third-order valence-corrected chi connectivity index (χ3v) is 2.65. The average molecular weight is 290 g/mol. The summed E-state index contributed by atoms with van der Waals surface area (Å²) < 4.78 is 20.0. The van der Waals surface area contributed by atoms with Gasteiger partial charge in [0.2, 0.25) is 0 Å². The molecule has 5 heteroatoms. The Morgan fingerprint density at radius 1 is 1.52 bits per heavy atom. The Morgan fingerprint density at radius 3 is 2.90 bits per heavy atom. The molecule has 0 unspecified atom stereocenters. The molecule has 1 rings (SSSR count). The highest BCUT2D eigenvalue weighted by Gasteiger charge is 2.09. The molecule has 21 heavy (non-hydrogen) atoms. The van der Waals surface area contributed by atoms with Gasteiger partial charge in [0.15, 0.2) is 0 Å². The van der Waals surface area contributed by atoms with Crippen molar-refractivity contribution in [3.8, 4) is 0 Å². The summed E-state index contributed by atoms with van der Waals surface area (Å²) in [4.78, 5) is 15.5. The summed E-state index contributed by atoms with van der Waals surface area (Å²) in [5.74, 6) is -0.741. The van der Waals surface area contributed by atoms with Crippen molar-refractivity contribution < 1.29 is 13.9 Å². The molecule has 0 aromatic carbocycles. The Hall–Kier alpha value is -2.43. The lowest BCUT2D eigenvalue weighted by molar-refractivity contribution is -0.143. The summed E-state index contributed by atoms with van der Waals surface area (Å²) in [7, 11) is 0. The summed E-state index contributed by atoms with van der Waals surface area (Å²) in [5.41, 5.74) is 1.46. The minimum Gasteiger partial charge on any atom is -0.465 e. The topological polar surface area (TPSA) is 44.1 Å². The van der Waals surface area contributed by atoms with Gasteiger partial charge in [0.1, 0.15) is 12.4 Å². The van der Waals surface area contributed by atoms with Gasteiger partial charge in [0.25, 0.3) is 0 Å². The highest BCUT2D eigenvalue weighted by molar-refractivity contribution is 5.69.